The molecule has 1 heterocycles. The van der Waals surface area contributed by atoms with Crippen LogP contribution in [0, 0.1) is 5.82 Å². The average molecular weight is 267 g/mol. The molecule has 96 valence electrons. The van der Waals surface area contributed by atoms with Crippen molar-refractivity contribution in [2.75, 3.05) is 24.2 Å². The number of amides is 1. The maximum absolute atomic E-state index is 12.7. The maximum atomic E-state index is 12.7. The van der Waals surface area contributed by atoms with Crippen molar-refractivity contribution in [1.82, 2.24) is 5.32 Å². The molecule has 0 saturated heterocycles. The highest BCUT2D eigenvalue weighted by molar-refractivity contribution is 8.13. The van der Waals surface area contributed by atoms with E-state index in [0.717, 1.165) is 18.3 Å². The van der Waals surface area contributed by atoms with Crippen molar-refractivity contribution in [2.45, 2.75) is 6.42 Å². The number of nitrogens with zero attached hydrogens (tertiary/aromatic N) is 1. The van der Waals surface area contributed by atoms with E-state index in [1.54, 1.807) is 23.9 Å². The number of thioether (sulfide) groups is 1. The highest BCUT2D eigenvalue weighted by atomic mass is 32.2. The van der Waals surface area contributed by atoms with Crippen LogP contribution in [0.2, 0.25) is 0 Å². The number of amidine groups is 1. The van der Waals surface area contributed by atoms with Crippen LogP contribution < -0.4 is 10.6 Å². The molecule has 0 fully saturated rings. The third kappa shape index (κ3) is 4.03. The summed E-state index contributed by atoms with van der Waals surface area (Å²) in [5.74, 6) is 0.292. The van der Waals surface area contributed by atoms with E-state index in [4.69, 9.17) is 0 Å². The van der Waals surface area contributed by atoms with Crippen LogP contribution in [0.25, 0.3) is 0 Å². The number of carbonyl (C=O) groups excluding carboxylic acids is 1. The van der Waals surface area contributed by atoms with E-state index in [-0.39, 0.29) is 11.7 Å². The zero-order valence-corrected chi connectivity index (χ0v) is 10.6. The minimum Gasteiger partial charge on any atom is -0.363 e. The Balaban J connectivity index is 1.70. The standard InChI is InChI=1S/C12H14FN3OS/c13-9-1-3-10(4-2-9)16-11(17)5-8-18-12-14-6-7-15-12/h1-4H,5-8H2,(H,14,15)(H,16,17). The number of halogens is 1. The van der Waals surface area contributed by atoms with Crippen molar-refractivity contribution in [3.05, 3.63) is 30.1 Å². The fraction of sp³-hybridized carbons (Fsp3) is 0.333. The molecule has 2 rings (SSSR count). The Kier molecular flexibility index (Phi) is 4.58. The van der Waals surface area contributed by atoms with Crippen LogP contribution in [0.4, 0.5) is 10.1 Å². The summed E-state index contributed by atoms with van der Waals surface area (Å²) >= 11 is 1.54. The van der Waals surface area contributed by atoms with Crippen LogP contribution in [0.3, 0.4) is 0 Å². The number of benzene rings is 1. The summed E-state index contributed by atoms with van der Waals surface area (Å²) in [4.78, 5) is 15.8. The second-order valence-corrected chi connectivity index (χ2v) is 4.85. The van der Waals surface area contributed by atoms with Crippen LogP contribution >= 0.6 is 11.8 Å². The van der Waals surface area contributed by atoms with E-state index in [0.29, 0.717) is 17.9 Å². The third-order valence-electron chi connectivity index (χ3n) is 2.34. The molecule has 1 aliphatic rings. The highest BCUT2D eigenvalue weighted by Gasteiger charge is 2.07. The quantitative estimate of drug-likeness (QED) is 0.875. The predicted molar refractivity (Wildman–Crippen MR) is 72.4 cm³/mol. The van der Waals surface area contributed by atoms with Crippen LogP contribution in [0.5, 0.6) is 0 Å². The van der Waals surface area contributed by atoms with E-state index < -0.39 is 0 Å². The minimum atomic E-state index is -0.311. The molecule has 0 atom stereocenters. The van der Waals surface area contributed by atoms with Gasteiger partial charge in [-0.05, 0) is 24.3 Å². The van der Waals surface area contributed by atoms with Gasteiger partial charge in [0.15, 0.2) is 5.17 Å². The van der Waals surface area contributed by atoms with Gasteiger partial charge >= 0.3 is 0 Å². The molecule has 0 saturated carbocycles. The Bertz CT molecular complexity index is 447. The van der Waals surface area contributed by atoms with Gasteiger partial charge in [-0.3, -0.25) is 9.79 Å². The first kappa shape index (κ1) is 12.9. The molecule has 1 aromatic carbocycles. The molecule has 0 unspecified atom stereocenters. The van der Waals surface area contributed by atoms with Crippen molar-refractivity contribution in [2.24, 2.45) is 4.99 Å². The van der Waals surface area contributed by atoms with E-state index >= 15 is 0 Å². The molecule has 1 aromatic rings. The van der Waals surface area contributed by atoms with Gasteiger partial charge in [-0.1, -0.05) is 11.8 Å². The lowest BCUT2D eigenvalue weighted by molar-refractivity contribution is -0.115. The van der Waals surface area contributed by atoms with Crippen LogP contribution in [-0.2, 0) is 4.79 Å². The molecule has 0 radical (unpaired) electrons. The van der Waals surface area contributed by atoms with Gasteiger partial charge in [-0.25, -0.2) is 4.39 Å². The van der Waals surface area contributed by atoms with E-state index in [9.17, 15) is 9.18 Å². The third-order valence-corrected chi connectivity index (χ3v) is 3.29. The molecule has 1 aliphatic heterocycles. The van der Waals surface area contributed by atoms with Gasteiger partial charge in [-0.2, -0.15) is 0 Å². The van der Waals surface area contributed by atoms with Crippen molar-refractivity contribution < 1.29 is 9.18 Å². The van der Waals surface area contributed by atoms with E-state index in [1.807, 2.05) is 0 Å². The highest BCUT2D eigenvalue weighted by Crippen LogP contribution is 2.11. The monoisotopic (exact) mass is 267 g/mol. The summed E-state index contributed by atoms with van der Waals surface area (Å²) in [6, 6.07) is 5.73. The summed E-state index contributed by atoms with van der Waals surface area (Å²) < 4.78 is 12.7. The van der Waals surface area contributed by atoms with Crippen LogP contribution in [-0.4, -0.2) is 29.9 Å². The molecule has 0 aromatic heterocycles. The molecule has 4 nitrogen and oxygen atoms in total. The average Bonchev–Trinajstić information content (AvgIpc) is 2.85. The van der Waals surface area contributed by atoms with E-state index in [2.05, 4.69) is 15.6 Å². The summed E-state index contributed by atoms with van der Waals surface area (Å²) in [5, 5.41) is 6.75. The maximum Gasteiger partial charge on any atom is 0.225 e. The summed E-state index contributed by atoms with van der Waals surface area (Å²) in [7, 11) is 0. The fourth-order valence-electron chi connectivity index (χ4n) is 1.47. The smallest absolute Gasteiger partial charge is 0.225 e. The molecule has 1 amide bonds. The second kappa shape index (κ2) is 6.39. The SMILES string of the molecule is O=C(CCSC1=NCCN1)Nc1ccc(F)cc1. The lowest BCUT2D eigenvalue weighted by Gasteiger charge is -2.05. The zero-order chi connectivity index (χ0) is 12.8. The van der Waals surface area contributed by atoms with Gasteiger partial charge in [0, 0.05) is 24.4 Å². The Hall–Kier alpha value is -1.56. The number of aliphatic imine (C=N–C) groups is 1. The van der Waals surface area contributed by atoms with Gasteiger partial charge in [0.05, 0.1) is 6.54 Å². The zero-order valence-electron chi connectivity index (χ0n) is 9.78. The van der Waals surface area contributed by atoms with Gasteiger partial charge in [0.1, 0.15) is 5.82 Å². The van der Waals surface area contributed by atoms with Crippen molar-refractivity contribution in [1.29, 1.82) is 0 Å². The fourth-order valence-corrected chi connectivity index (χ4v) is 2.34. The number of carbonyl (C=O) groups is 1. The van der Waals surface area contributed by atoms with Gasteiger partial charge in [-0.15, -0.1) is 0 Å². The van der Waals surface area contributed by atoms with Crippen molar-refractivity contribution >= 4 is 28.5 Å². The second-order valence-electron chi connectivity index (χ2n) is 3.77. The predicted octanol–water partition coefficient (Wildman–Crippen LogP) is 1.85. The van der Waals surface area contributed by atoms with Crippen LogP contribution in [0.1, 0.15) is 6.42 Å². The van der Waals surface area contributed by atoms with Crippen molar-refractivity contribution in [3.63, 3.8) is 0 Å². The first-order valence-electron chi connectivity index (χ1n) is 5.70. The molecule has 6 heteroatoms. The number of hydrogen-bond donors (Lipinski definition) is 2. The normalized spacial score (nSPS) is 13.9. The Morgan fingerprint density at radius 2 is 2.22 bits per heavy atom. The topological polar surface area (TPSA) is 53.5 Å². The number of nitrogens with one attached hydrogen (secondary N) is 2. The molecule has 0 spiro atoms. The van der Waals surface area contributed by atoms with Gasteiger partial charge in [0.25, 0.3) is 0 Å². The Morgan fingerprint density at radius 3 is 2.89 bits per heavy atom. The molecule has 0 aliphatic carbocycles. The molecule has 2 N–H and O–H groups in total. The summed E-state index contributed by atoms with van der Waals surface area (Å²) in [6.07, 6.45) is 0.405. The minimum absolute atomic E-state index is 0.0762. The number of anilines is 1. The lowest BCUT2D eigenvalue weighted by atomic mass is 10.3. The number of hydrogen-bond acceptors (Lipinski definition) is 4. The molecule has 0 bridgehead atoms. The molecule has 18 heavy (non-hydrogen) atoms. The Labute approximate surface area is 109 Å². The summed E-state index contributed by atoms with van der Waals surface area (Å²) in [6.45, 7) is 1.69. The lowest BCUT2D eigenvalue weighted by Crippen LogP contribution is -2.17. The van der Waals surface area contributed by atoms with Crippen LogP contribution in [0.15, 0.2) is 29.3 Å². The summed E-state index contributed by atoms with van der Waals surface area (Å²) in [5.41, 5.74) is 0.614. The van der Waals surface area contributed by atoms with Gasteiger partial charge < -0.3 is 10.6 Å². The van der Waals surface area contributed by atoms with Crippen molar-refractivity contribution in [3.8, 4) is 0 Å². The Morgan fingerprint density at radius 1 is 1.44 bits per heavy atom. The first-order chi connectivity index (χ1) is 8.74. The van der Waals surface area contributed by atoms with Gasteiger partial charge in [0.2, 0.25) is 5.91 Å². The molecular weight excluding hydrogens is 253 g/mol. The first-order valence-corrected chi connectivity index (χ1v) is 6.69. The number of rotatable bonds is 4. The largest absolute Gasteiger partial charge is 0.363 e. The van der Waals surface area contributed by atoms with E-state index in [1.165, 1.54) is 12.1 Å². The molecular formula is C12H14FN3OS.